The number of hydrogen-bond acceptors (Lipinski definition) is 8. The Hall–Kier alpha value is -3.34. The summed E-state index contributed by atoms with van der Waals surface area (Å²) in [6.07, 6.45) is 2.03. The van der Waals surface area contributed by atoms with E-state index in [0.717, 1.165) is 28.3 Å². The van der Waals surface area contributed by atoms with E-state index in [1.807, 2.05) is 25.1 Å². The molecule has 1 amide bonds. The number of methoxy groups -OCH3 is 2. The number of nitrogens with zero attached hydrogens (tertiary/aromatic N) is 4. The van der Waals surface area contributed by atoms with Gasteiger partial charge in [-0.15, -0.1) is 0 Å². The third-order valence-electron chi connectivity index (χ3n) is 5.31. The zero-order valence-electron chi connectivity index (χ0n) is 20.0. The summed E-state index contributed by atoms with van der Waals surface area (Å²) in [5.74, 6) is 1.71. The van der Waals surface area contributed by atoms with Gasteiger partial charge in [-0.3, -0.25) is 18.7 Å². The highest BCUT2D eigenvalue weighted by Gasteiger charge is 2.18. The summed E-state index contributed by atoms with van der Waals surface area (Å²) in [6, 6.07) is 5.63. The highest BCUT2D eigenvalue weighted by molar-refractivity contribution is 8.00. The molecule has 0 fully saturated rings. The zero-order chi connectivity index (χ0) is 24.8. The summed E-state index contributed by atoms with van der Waals surface area (Å²) in [6.45, 7) is 2.44. The number of benzene rings is 1. The van der Waals surface area contributed by atoms with Crippen LogP contribution >= 0.6 is 11.8 Å². The lowest BCUT2D eigenvalue weighted by atomic mass is 10.1. The summed E-state index contributed by atoms with van der Waals surface area (Å²) >= 11 is 1.16. The number of hydrogen-bond donors (Lipinski definition) is 1. The van der Waals surface area contributed by atoms with E-state index in [1.165, 1.54) is 11.6 Å². The van der Waals surface area contributed by atoms with E-state index in [9.17, 15) is 14.4 Å². The molecule has 182 valence electrons. The van der Waals surface area contributed by atoms with Crippen LogP contribution in [0.4, 0.5) is 0 Å². The van der Waals surface area contributed by atoms with Crippen LogP contribution in [0.3, 0.4) is 0 Å². The standard InChI is InChI=1S/C23H29N5O5S/c1-6-7-17-25-20-19(22(30)28(3)23(31)27(20)2)21(26-17)34-13-18(29)24-11-10-14-8-9-15(32-4)16(12-14)33-5/h8-9,12H,6-7,10-11,13H2,1-5H3,(H,24,29). The number of aromatic nitrogens is 4. The first-order chi connectivity index (χ1) is 16.3. The molecule has 0 aliphatic carbocycles. The summed E-state index contributed by atoms with van der Waals surface area (Å²) in [7, 11) is 6.15. The van der Waals surface area contributed by atoms with Gasteiger partial charge in [0.25, 0.3) is 5.56 Å². The maximum atomic E-state index is 12.8. The maximum Gasteiger partial charge on any atom is 0.332 e. The first-order valence-electron chi connectivity index (χ1n) is 10.9. The molecule has 0 atom stereocenters. The van der Waals surface area contributed by atoms with Crippen LogP contribution in [0.25, 0.3) is 11.0 Å². The predicted octanol–water partition coefficient (Wildman–Crippen LogP) is 1.45. The monoisotopic (exact) mass is 487 g/mol. The molecule has 0 bridgehead atoms. The minimum atomic E-state index is -0.475. The molecule has 0 aliphatic heterocycles. The van der Waals surface area contributed by atoms with Crippen molar-refractivity contribution in [3.05, 3.63) is 50.4 Å². The summed E-state index contributed by atoms with van der Waals surface area (Å²) < 4.78 is 12.9. The summed E-state index contributed by atoms with van der Waals surface area (Å²) in [5.41, 5.74) is 0.351. The van der Waals surface area contributed by atoms with Crippen molar-refractivity contribution in [3.8, 4) is 11.5 Å². The van der Waals surface area contributed by atoms with Crippen LogP contribution in [0.15, 0.2) is 32.8 Å². The van der Waals surface area contributed by atoms with Gasteiger partial charge in [0.2, 0.25) is 5.91 Å². The van der Waals surface area contributed by atoms with Crippen molar-refractivity contribution in [1.29, 1.82) is 0 Å². The number of aryl methyl sites for hydroxylation is 2. The molecule has 10 nitrogen and oxygen atoms in total. The largest absolute Gasteiger partial charge is 0.493 e. The molecule has 0 radical (unpaired) electrons. The van der Waals surface area contributed by atoms with E-state index in [-0.39, 0.29) is 22.7 Å². The first-order valence-corrected chi connectivity index (χ1v) is 11.9. The smallest absolute Gasteiger partial charge is 0.332 e. The Balaban J connectivity index is 1.72. The lowest BCUT2D eigenvalue weighted by molar-refractivity contribution is -0.118. The minimum absolute atomic E-state index is 0.0790. The van der Waals surface area contributed by atoms with E-state index in [2.05, 4.69) is 15.3 Å². The average Bonchev–Trinajstić information content (AvgIpc) is 2.84. The molecular formula is C23H29N5O5S. The Bertz CT molecular complexity index is 1320. The quantitative estimate of drug-likeness (QED) is 0.337. The van der Waals surface area contributed by atoms with Crippen LogP contribution in [0.1, 0.15) is 24.7 Å². The summed E-state index contributed by atoms with van der Waals surface area (Å²) in [4.78, 5) is 46.6. The van der Waals surface area contributed by atoms with E-state index in [1.54, 1.807) is 21.3 Å². The van der Waals surface area contributed by atoms with Crippen LogP contribution < -0.4 is 26.0 Å². The van der Waals surface area contributed by atoms with Crippen LogP contribution in [-0.2, 0) is 31.7 Å². The molecule has 2 aromatic heterocycles. The van der Waals surface area contributed by atoms with Crippen molar-refractivity contribution in [2.75, 3.05) is 26.5 Å². The number of rotatable bonds is 10. The van der Waals surface area contributed by atoms with Crippen molar-refractivity contribution < 1.29 is 14.3 Å². The van der Waals surface area contributed by atoms with E-state index in [4.69, 9.17) is 9.47 Å². The van der Waals surface area contributed by atoms with Crippen molar-refractivity contribution in [1.82, 2.24) is 24.4 Å². The zero-order valence-corrected chi connectivity index (χ0v) is 20.8. The topological polar surface area (TPSA) is 117 Å². The van der Waals surface area contributed by atoms with Crippen LogP contribution in [0.2, 0.25) is 0 Å². The Morgan fingerprint density at radius 3 is 2.47 bits per heavy atom. The van der Waals surface area contributed by atoms with Crippen LogP contribution in [-0.4, -0.2) is 51.5 Å². The van der Waals surface area contributed by atoms with Crippen LogP contribution in [0.5, 0.6) is 11.5 Å². The number of fused-ring (bicyclic) bond motifs is 1. The van der Waals surface area contributed by atoms with Gasteiger partial charge in [0.05, 0.1) is 20.0 Å². The molecular weight excluding hydrogens is 458 g/mol. The highest BCUT2D eigenvalue weighted by atomic mass is 32.2. The molecule has 0 saturated heterocycles. The van der Waals surface area contributed by atoms with Crippen LogP contribution in [0, 0.1) is 0 Å². The van der Waals surface area contributed by atoms with Gasteiger partial charge < -0.3 is 14.8 Å². The van der Waals surface area contributed by atoms with Gasteiger partial charge in [-0.1, -0.05) is 24.8 Å². The molecule has 0 spiro atoms. The molecule has 11 heteroatoms. The second-order valence-electron chi connectivity index (χ2n) is 7.68. The molecule has 3 rings (SSSR count). The van der Waals surface area contributed by atoms with E-state index < -0.39 is 11.2 Å². The fourth-order valence-corrected chi connectivity index (χ4v) is 4.34. The number of amides is 1. The van der Waals surface area contributed by atoms with Crippen molar-refractivity contribution in [3.63, 3.8) is 0 Å². The van der Waals surface area contributed by atoms with E-state index in [0.29, 0.717) is 41.7 Å². The number of carbonyl (C=O) groups is 1. The van der Waals surface area contributed by atoms with Gasteiger partial charge in [0.15, 0.2) is 17.1 Å². The Kier molecular flexibility index (Phi) is 8.32. The Labute approximate surface area is 201 Å². The van der Waals surface area contributed by atoms with Gasteiger partial charge in [-0.05, 0) is 30.5 Å². The second kappa shape index (κ2) is 11.2. The molecule has 2 heterocycles. The number of nitrogens with one attached hydrogen (secondary N) is 1. The van der Waals surface area contributed by atoms with Gasteiger partial charge in [0, 0.05) is 27.1 Å². The van der Waals surface area contributed by atoms with Crippen molar-refractivity contribution in [2.45, 2.75) is 31.2 Å². The molecule has 3 aromatic rings. The first kappa shape index (κ1) is 25.3. The third-order valence-corrected chi connectivity index (χ3v) is 6.29. The molecule has 34 heavy (non-hydrogen) atoms. The third kappa shape index (κ3) is 5.41. The number of carbonyl (C=O) groups excluding carboxylic acids is 1. The highest BCUT2D eigenvalue weighted by Crippen LogP contribution is 2.27. The Morgan fingerprint density at radius 1 is 1.06 bits per heavy atom. The summed E-state index contributed by atoms with van der Waals surface area (Å²) in [5, 5.41) is 3.53. The lowest BCUT2D eigenvalue weighted by Crippen LogP contribution is -2.38. The van der Waals surface area contributed by atoms with Gasteiger partial charge in [0.1, 0.15) is 16.2 Å². The fraction of sp³-hybridized carbons (Fsp3) is 0.435. The number of ether oxygens (including phenoxy) is 2. The van der Waals surface area contributed by atoms with E-state index >= 15 is 0 Å². The SMILES string of the molecule is CCCc1nc(SCC(=O)NCCc2ccc(OC)c(OC)c2)c2c(=O)n(C)c(=O)n(C)c2n1. The normalized spacial score (nSPS) is 11.0. The number of thioether (sulfide) groups is 1. The van der Waals surface area contributed by atoms with Crippen molar-refractivity contribution >= 4 is 28.7 Å². The molecule has 0 saturated carbocycles. The lowest BCUT2D eigenvalue weighted by Gasteiger charge is -2.12. The van der Waals surface area contributed by atoms with Gasteiger partial charge in [-0.2, -0.15) is 0 Å². The average molecular weight is 488 g/mol. The molecule has 1 aromatic carbocycles. The second-order valence-corrected chi connectivity index (χ2v) is 8.64. The minimum Gasteiger partial charge on any atom is -0.493 e. The van der Waals surface area contributed by atoms with Gasteiger partial charge >= 0.3 is 5.69 Å². The molecule has 0 unspecified atom stereocenters. The maximum absolute atomic E-state index is 12.8. The fourth-order valence-electron chi connectivity index (χ4n) is 3.48. The Morgan fingerprint density at radius 2 is 1.79 bits per heavy atom. The molecule has 0 aliphatic rings. The predicted molar refractivity (Wildman–Crippen MR) is 131 cm³/mol. The van der Waals surface area contributed by atoms with Crippen molar-refractivity contribution in [2.24, 2.45) is 14.1 Å². The van der Waals surface area contributed by atoms with Gasteiger partial charge in [-0.25, -0.2) is 14.8 Å². The molecule has 1 N–H and O–H groups in total.